The molecule has 0 saturated carbocycles. The zero-order valence-electron chi connectivity index (χ0n) is 18.2. The highest BCUT2D eigenvalue weighted by Gasteiger charge is 2.27. The fourth-order valence-corrected chi connectivity index (χ4v) is 3.42. The number of carbonyl (C=O) groups excluding carboxylic acids is 2. The number of nitrogens with one attached hydrogen (secondary N) is 3. The van der Waals surface area contributed by atoms with Gasteiger partial charge in [-0.25, -0.2) is 10.5 Å². The van der Waals surface area contributed by atoms with E-state index in [9.17, 15) is 14.4 Å². The zero-order valence-corrected chi connectivity index (χ0v) is 18.2. The van der Waals surface area contributed by atoms with Gasteiger partial charge in [0.15, 0.2) is 6.04 Å². The molecule has 3 N–H and O–H groups in total. The van der Waals surface area contributed by atoms with E-state index in [1.165, 1.54) is 13.3 Å². The highest BCUT2D eigenvalue weighted by atomic mass is 16.5. The standard InChI is InChI=1S/C25H21N5O4/c1-34-20-14-8-5-11-17(20)15-26-29-25(33)22(27-23(31)16-9-3-2-4-10-16)21-18-12-6-7-13-19(18)24(32)30-28-21/h2-15,22H,1H3,(H,27,31)(H,29,33)(H,30,32)/b26-15-/t22-/m1/s1. The number of ether oxygens (including phenoxy) is 1. The van der Waals surface area contributed by atoms with Crippen LogP contribution >= 0.6 is 0 Å². The molecule has 0 aliphatic heterocycles. The maximum absolute atomic E-state index is 13.2. The summed E-state index contributed by atoms with van der Waals surface area (Å²) in [6.07, 6.45) is 1.44. The second kappa shape index (κ2) is 10.2. The lowest BCUT2D eigenvalue weighted by Crippen LogP contribution is -2.40. The van der Waals surface area contributed by atoms with Crippen LogP contribution in [-0.2, 0) is 4.79 Å². The highest BCUT2D eigenvalue weighted by molar-refractivity contribution is 5.99. The van der Waals surface area contributed by atoms with Crippen LogP contribution in [0, 0.1) is 0 Å². The van der Waals surface area contributed by atoms with Crippen LogP contribution in [0.1, 0.15) is 27.7 Å². The number of hydrogen-bond acceptors (Lipinski definition) is 6. The SMILES string of the molecule is COc1ccccc1/C=N\NC(=O)[C@H](NC(=O)c1ccccc1)c1n[nH]c(=O)c2ccccc12. The Morgan fingerprint density at radius 3 is 2.41 bits per heavy atom. The molecule has 2 amide bonds. The fraction of sp³-hybridized carbons (Fsp3) is 0.0800. The van der Waals surface area contributed by atoms with Crippen molar-refractivity contribution in [3.63, 3.8) is 0 Å². The van der Waals surface area contributed by atoms with E-state index >= 15 is 0 Å². The lowest BCUT2D eigenvalue weighted by Gasteiger charge is -2.18. The molecule has 9 heteroatoms. The van der Waals surface area contributed by atoms with E-state index in [0.29, 0.717) is 27.6 Å². The summed E-state index contributed by atoms with van der Waals surface area (Å²) < 4.78 is 5.28. The maximum atomic E-state index is 13.2. The normalized spacial score (nSPS) is 11.8. The minimum atomic E-state index is -1.23. The van der Waals surface area contributed by atoms with Crippen molar-refractivity contribution in [3.05, 3.63) is 106 Å². The first-order valence-corrected chi connectivity index (χ1v) is 10.4. The molecule has 1 atom stereocenters. The molecule has 0 unspecified atom stereocenters. The van der Waals surface area contributed by atoms with E-state index in [1.54, 1.807) is 66.7 Å². The first-order chi connectivity index (χ1) is 16.6. The number of para-hydroxylation sites is 1. The first kappa shape index (κ1) is 22.4. The highest BCUT2D eigenvalue weighted by Crippen LogP contribution is 2.20. The summed E-state index contributed by atoms with van der Waals surface area (Å²) in [5.74, 6) is -0.533. The van der Waals surface area contributed by atoms with Crippen molar-refractivity contribution < 1.29 is 14.3 Å². The molecule has 0 aliphatic rings. The molecule has 4 aromatic rings. The number of amides is 2. The van der Waals surface area contributed by atoms with Crippen LogP contribution in [0.3, 0.4) is 0 Å². The van der Waals surface area contributed by atoms with E-state index in [4.69, 9.17) is 4.74 Å². The number of hydrazone groups is 1. The third-order valence-electron chi connectivity index (χ3n) is 5.09. The molecule has 0 saturated heterocycles. The predicted molar refractivity (Wildman–Crippen MR) is 128 cm³/mol. The molecule has 0 radical (unpaired) electrons. The molecule has 170 valence electrons. The number of methoxy groups -OCH3 is 1. The van der Waals surface area contributed by atoms with E-state index in [2.05, 4.69) is 26.0 Å². The summed E-state index contributed by atoms with van der Waals surface area (Å²) in [4.78, 5) is 38.3. The van der Waals surface area contributed by atoms with Gasteiger partial charge in [-0.3, -0.25) is 14.4 Å². The molecule has 0 aliphatic carbocycles. The second-order valence-corrected chi connectivity index (χ2v) is 7.23. The van der Waals surface area contributed by atoms with Gasteiger partial charge in [-0.2, -0.15) is 10.2 Å². The molecule has 1 heterocycles. The maximum Gasteiger partial charge on any atom is 0.272 e. The monoisotopic (exact) mass is 455 g/mol. The average molecular weight is 455 g/mol. The summed E-state index contributed by atoms with van der Waals surface area (Å²) in [5, 5.41) is 14.0. The molecule has 0 spiro atoms. The Hall–Kier alpha value is -4.79. The van der Waals surface area contributed by atoms with Crippen LogP contribution in [-0.4, -0.2) is 35.3 Å². The number of rotatable bonds is 7. The fourth-order valence-electron chi connectivity index (χ4n) is 3.42. The smallest absolute Gasteiger partial charge is 0.272 e. The van der Waals surface area contributed by atoms with Gasteiger partial charge in [0.25, 0.3) is 17.4 Å². The van der Waals surface area contributed by atoms with Gasteiger partial charge in [0.2, 0.25) is 0 Å². The Kier molecular flexibility index (Phi) is 6.73. The summed E-state index contributed by atoms with van der Waals surface area (Å²) in [7, 11) is 1.54. The molecule has 0 fully saturated rings. The number of benzene rings is 3. The van der Waals surface area contributed by atoms with Gasteiger partial charge in [0, 0.05) is 16.5 Å². The van der Waals surface area contributed by atoms with Crippen molar-refractivity contribution >= 4 is 28.8 Å². The molecule has 9 nitrogen and oxygen atoms in total. The summed E-state index contributed by atoms with van der Waals surface area (Å²) in [6.45, 7) is 0. The van der Waals surface area contributed by atoms with E-state index in [-0.39, 0.29) is 5.69 Å². The minimum absolute atomic E-state index is 0.185. The van der Waals surface area contributed by atoms with Gasteiger partial charge in [-0.15, -0.1) is 0 Å². The van der Waals surface area contributed by atoms with Crippen molar-refractivity contribution in [1.82, 2.24) is 20.9 Å². The Bertz CT molecular complexity index is 1420. The number of aromatic nitrogens is 2. The Morgan fingerprint density at radius 1 is 0.971 bits per heavy atom. The molecular weight excluding hydrogens is 434 g/mol. The quantitative estimate of drug-likeness (QED) is 0.292. The molecule has 0 bridgehead atoms. The zero-order chi connectivity index (χ0) is 23.9. The van der Waals surface area contributed by atoms with Gasteiger partial charge < -0.3 is 10.1 Å². The van der Waals surface area contributed by atoms with Gasteiger partial charge in [0.1, 0.15) is 11.4 Å². The van der Waals surface area contributed by atoms with E-state index in [0.717, 1.165) is 0 Å². The molecule has 1 aromatic heterocycles. The molecule has 4 rings (SSSR count). The van der Waals surface area contributed by atoms with Crippen LogP contribution < -0.4 is 21.0 Å². The van der Waals surface area contributed by atoms with E-state index in [1.807, 2.05) is 12.1 Å². The largest absolute Gasteiger partial charge is 0.496 e. The first-order valence-electron chi connectivity index (χ1n) is 10.4. The number of nitrogens with zero attached hydrogens (tertiary/aromatic N) is 2. The summed E-state index contributed by atoms with van der Waals surface area (Å²) in [5.41, 5.74) is 3.25. The predicted octanol–water partition coefficient (Wildman–Crippen LogP) is 2.55. The van der Waals surface area contributed by atoms with Crippen LogP contribution in [0.5, 0.6) is 5.75 Å². The van der Waals surface area contributed by atoms with Crippen LogP contribution in [0.15, 0.2) is 88.8 Å². The molecule has 34 heavy (non-hydrogen) atoms. The van der Waals surface area contributed by atoms with Crippen molar-refractivity contribution in [2.45, 2.75) is 6.04 Å². The van der Waals surface area contributed by atoms with Gasteiger partial charge >= 0.3 is 0 Å². The number of hydrogen-bond donors (Lipinski definition) is 3. The van der Waals surface area contributed by atoms with Crippen molar-refractivity contribution in [2.24, 2.45) is 5.10 Å². The lowest BCUT2D eigenvalue weighted by atomic mass is 10.0. The minimum Gasteiger partial charge on any atom is -0.496 e. The second-order valence-electron chi connectivity index (χ2n) is 7.23. The third-order valence-corrected chi connectivity index (χ3v) is 5.09. The lowest BCUT2D eigenvalue weighted by molar-refractivity contribution is -0.123. The molecule has 3 aromatic carbocycles. The summed E-state index contributed by atoms with van der Waals surface area (Å²) >= 11 is 0. The third kappa shape index (κ3) is 4.83. The Labute approximate surface area is 194 Å². The van der Waals surface area contributed by atoms with Crippen molar-refractivity contribution in [1.29, 1.82) is 0 Å². The van der Waals surface area contributed by atoms with Crippen LogP contribution in [0.2, 0.25) is 0 Å². The Balaban J connectivity index is 1.67. The van der Waals surface area contributed by atoms with Crippen LogP contribution in [0.25, 0.3) is 10.8 Å². The van der Waals surface area contributed by atoms with Gasteiger partial charge in [-0.05, 0) is 30.3 Å². The van der Waals surface area contributed by atoms with Gasteiger partial charge in [0.05, 0.1) is 18.7 Å². The topological polar surface area (TPSA) is 126 Å². The van der Waals surface area contributed by atoms with Crippen molar-refractivity contribution in [2.75, 3.05) is 7.11 Å². The number of fused-ring (bicyclic) bond motifs is 1. The molecular formula is C25H21N5O4. The number of aromatic amines is 1. The van der Waals surface area contributed by atoms with Gasteiger partial charge in [-0.1, -0.05) is 48.5 Å². The number of H-pyrrole nitrogens is 1. The Morgan fingerprint density at radius 2 is 1.65 bits per heavy atom. The number of carbonyl (C=O) groups is 2. The van der Waals surface area contributed by atoms with Crippen LogP contribution in [0.4, 0.5) is 0 Å². The summed E-state index contributed by atoms with van der Waals surface area (Å²) in [6, 6.07) is 21.1. The average Bonchev–Trinajstić information content (AvgIpc) is 2.88. The van der Waals surface area contributed by atoms with E-state index < -0.39 is 23.4 Å². The van der Waals surface area contributed by atoms with Crippen molar-refractivity contribution in [3.8, 4) is 5.75 Å².